The van der Waals surface area contributed by atoms with E-state index in [1.807, 2.05) is 13.8 Å². The first-order valence-electron chi connectivity index (χ1n) is 9.89. The third-order valence-electron chi connectivity index (χ3n) is 5.05. The van der Waals surface area contributed by atoms with E-state index in [0.717, 1.165) is 11.1 Å². The Morgan fingerprint density at radius 3 is 2.56 bits per heavy atom. The number of pyridine rings is 1. The second kappa shape index (κ2) is 9.47. The number of nitrogens with one attached hydrogen (secondary N) is 1. The van der Waals surface area contributed by atoms with Crippen LogP contribution < -0.4 is 11.1 Å². The maximum atomic E-state index is 12.8. The average Bonchev–Trinajstić information content (AvgIpc) is 2.71. The Kier molecular flexibility index (Phi) is 6.93. The molecule has 32 heavy (non-hydrogen) atoms. The number of carbonyl (C=O) groups excluding carboxylic acids is 1. The molecular formula is C24H22Cl2N4O2. The number of carbonyl (C=O) groups is 1. The van der Waals surface area contributed by atoms with Crippen LogP contribution in [0.5, 0.6) is 5.75 Å². The van der Waals surface area contributed by atoms with Crippen LogP contribution in [0, 0.1) is 18.3 Å². The summed E-state index contributed by atoms with van der Waals surface area (Å²) in [6.45, 7) is 5.73. The van der Waals surface area contributed by atoms with E-state index in [1.54, 1.807) is 43.3 Å². The van der Waals surface area contributed by atoms with E-state index < -0.39 is 0 Å². The summed E-state index contributed by atoms with van der Waals surface area (Å²) in [5.74, 6) is 0.0234. The fraction of sp³-hybridized carbons (Fsp3) is 0.208. The number of nitrogen functional groups attached to an aromatic ring is 1. The van der Waals surface area contributed by atoms with Gasteiger partial charge in [-0.05, 0) is 59.9 Å². The number of hydrogen-bond acceptors (Lipinski definition) is 5. The molecule has 0 unspecified atom stereocenters. The molecule has 164 valence electrons. The number of aromatic nitrogens is 1. The fourth-order valence-electron chi connectivity index (χ4n) is 3.38. The van der Waals surface area contributed by atoms with Crippen molar-refractivity contribution in [2.45, 2.75) is 33.1 Å². The van der Waals surface area contributed by atoms with E-state index in [9.17, 15) is 15.2 Å². The Morgan fingerprint density at radius 2 is 1.94 bits per heavy atom. The molecule has 0 saturated heterocycles. The average molecular weight is 469 g/mol. The van der Waals surface area contributed by atoms with E-state index >= 15 is 0 Å². The Balaban J connectivity index is 1.92. The first-order chi connectivity index (χ1) is 15.1. The lowest BCUT2D eigenvalue weighted by molar-refractivity contribution is -0.115. The first-order valence-corrected chi connectivity index (χ1v) is 10.6. The standard InChI is InChI=1S/C24H22Cl2N4O2/c1-12(2)16-10-21(13(3)6-22(16)31)30-23(32)9-15-8-17(18(11-27)24(28)29-15)14-4-5-19(25)20(26)7-14/h4-8,10,12,31H,9H2,1-3H3,(H2,28,29)(H,30,32). The van der Waals surface area contributed by atoms with Crippen molar-refractivity contribution in [2.24, 2.45) is 0 Å². The number of hydrogen-bond donors (Lipinski definition) is 3. The molecule has 0 aliphatic rings. The molecule has 1 amide bonds. The normalized spacial score (nSPS) is 10.8. The molecule has 1 aromatic heterocycles. The zero-order valence-electron chi connectivity index (χ0n) is 17.8. The zero-order chi connectivity index (χ0) is 23.6. The van der Waals surface area contributed by atoms with Crippen molar-refractivity contribution in [2.75, 3.05) is 11.1 Å². The van der Waals surface area contributed by atoms with Crippen molar-refractivity contribution in [3.05, 3.63) is 68.8 Å². The molecule has 0 radical (unpaired) electrons. The maximum Gasteiger partial charge on any atom is 0.230 e. The largest absolute Gasteiger partial charge is 0.508 e. The number of phenols is 1. The van der Waals surface area contributed by atoms with Gasteiger partial charge in [-0.15, -0.1) is 0 Å². The molecule has 6 nitrogen and oxygen atoms in total. The number of aryl methyl sites for hydroxylation is 1. The predicted octanol–water partition coefficient (Wildman–Crippen LogP) is 5.83. The number of anilines is 2. The number of benzene rings is 2. The second-order valence-electron chi connectivity index (χ2n) is 7.77. The molecule has 0 aliphatic heterocycles. The van der Waals surface area contributed by atoms with Gasteiger partial charge in [-0.3, -0.25) is 4.79 Å². The molecule has 3 aromatic rings. The summed E-state index contributed by atoms with van der Waals surface area (Å²) in [5, 5.41) is 23.3. The Bertz CT molecular complexity index is 1250. The molecule has 3 rings (SSSR count). The highest BCUT2D eigenvalue weighted by Crippen LogP contribution is 2.33. The van der Waals surface area contributed by atoms with Crippen molar-refractivity contribution in [1.29, 1.82) is 5.26 Å². The van der Waals surface area contributed by atoms with E-state index in [2.05, 4.69) is 16.4 Å². The number of rotatable bonds is 5. The number of nitrogens with zero attached hydrogens (tertiary/aromatic N) is 2. The van der Waals surface area contributed by atoms with Crippen LogP contribution in [0.2, 0.25) is 10.0 Å². The summed E-state index contributed by atoms with van der Waals surface area (Å²) < 4.78 is 0. The summed E-state index contributed by atoms with van der Waals surface area (Å²) >= 11 is 12.1. The van der Waals surface area contributed by atoms with Gasteiger partial charge in [0.25, 0.3) is 0 Å². The highest BCUT2D eigenvalue weighted by molar-refractivity contribution is 6.42. The number of nitriles is 1. The number of phenolic OH excluding ortho intramolecular Hbond substituents is 1. The topological polar surface area (TPSA) is 112 Å². The monoisotopic (exact) mass is 468 g/mol. The predicted molar refractivity (Wildman–Crippen MR) is 128 cm³/mol. The molecule has 0 aliphatic carbocycles. The molecule has 0 atom stereocenters. The van der Waals surface area contributed by atoms with Gasteiger partial charge in [0.1, 0.15) is 23.2 Å². The molecule has 4 N–H and O–H groups in total. The third-order valence-corrected chi connectivity index (χ3v) is 5.79. The number of aromatic hydroxyl groups is 1. The number of halogens is 2. The van der Waals surface area contributed by atoms with Crippen LogP contribution in [0.1, 0.15) is 42.1 Å². The highest BCUT2D eigenvalue weighted by Gasteiger charge is 2.17. The van der Waals surface area contributed by atoms with Crippen molar-refractivity contribution < 1.29 is 9.90 Å². The fourth-order valence-corrected chi connectivity index (χ4v) is 3.68. The molecule has 2 aromatic carbocycles. The van der Waals surface area contributed by atoms with Gasteiger partial charge >= 0.3 is 0 Å². The van der Waals surface area contributed by atoms with Gasteiger partial charge in [-0.2, -0.15) is 5.26 Å². The molecule has 1 heterocycles. The summed E-state index contributed by atoms with van der Waals surface area (Å²) in [4.78, 5) is 17.0. The Morgan fingerprint density at radius 1 is 1.22 bits per heavy atom. The van der Waals surface area contributed by atoms with Crippen molar-refractivity contribution in [3.8, 4) is 22.9 Å². The van der Waals surface area contributed by atoms with Gasteiger partial charge in [-0.1, -0.05) is 43.1 Å². The number of nitrogens with two attached hydrogens (primary N) is 1. The molecule has 0 bridgehead atoms. The van der Waals surface area contributed by atoms with E-state index in [1.165, 1.54) is 0 Å². The third kappa shape index (κ3) is 4.96. The van der Waals surface area contributed by atoms with Gasteiger partial charge in [0.15, 0.2) is 0 Å². The van der Waals surface area contributed by atoms with Gasteiger partial charge in [-0.25, -0.2) is 4.98 Å². The summed E-state index contributed by atoms with van der Waals surface area (Å²) in [5.41, 5.74) is 9.87. The minimum atomic E-state index is -0.301. The van der Waals surface area contributed by atoms with E-state index in [-0.39, 0.29) is 35.4 Å². The minimum Gasteiger partial charge on any atom is -0.508 e. The van der Waals surface area contributed by atoms with Crippen LogP contribution in [0.25, 0.3) is 11.1 Å². The second-order valence-corrected chi connectivity index (χ2v) is 8.58. The first kappa shape index (κ1) is 23.4. The molecule has 8 heteroatoms. The van der Waals surface area contributed by atoms with Crippen molar-refractivity contribution >= 4 is 40.6 Å². The molecular weight excluding hydrogens is 447 g/mol. The summed E-state index contributed by atoms with van der Waals surface area (Å²) in [6.07, 6.45) is -0.0540. The minimum absolute atomic E-state index is 0.0294. The lowest BCUT2D eigenvalue weighted by Crippen LogP contribution is -2.17. The Hall–Kier alpha value is -3.27. The van der Waals surface area contributed by atoms with Gasteiger partial charge in [0.05, 0.1) is 22.2 Å². The van der Waals surface area contributed by atoms with Crippen LogP contribution in [-0.4, -0.2) is 16.0 Å². The Labute approximate surface area is 196 Å². The van der Waals surface area contributed by atoms with Crippen molar-refractivity contribution in [1.82, 2.24) is 4.98 Å². The van der Waals surface area contributed by atoms with Gasteiger partial charge in [0.2, 0.25) is 5.91 Å². The van der Waals surface area contributed by atoms with E-state index in [0.29, 0.717) is 32.6 Å². The van der Waals surface area contributed by atoms with Crippen molar-refractivity contribution in [3.63, 3.8) is 0 Å². The van der Waals surface area contributed by atoms with Crippen LogP contribution >= 0.6 is 23.2 Å². The van der Waals surface area contributed by atoms with Crippen LogP contribution in [0.3, 0.4) is 0 Å². The summed E-state index contributed by atoms with van der Waals surface area (Å²) in [6, 6.07) is 12.1. The zero-order valence-corrected chi connectivity index (χ0v) is 19.3. The highest BCUT2D eigenvalue weighted by atomic mass is 35.5. The quantitative estimate of drug-likeness (QED) is 0.407. The van der Waals surface area contributed by atoms with Crippen LogP contribution in [0.4, 0.5) is 11.5 Å². The molecule has 0 fully saturated rings. The lowest BCUT2D eigenvalue weighted by Gasteiger charge is -2.15. The van der Waals surface area contributed by atoms with Crippen LogP contribution in [0.15, 0.2) is 36.4 Å². The van der Waals surface area contributed by atoms with Crippen LogP contribution in [-0.2, 0) is 11.2 Å². The summed E-state index contributed by atoms with van der Waals surface area (Å²) in [7, 11) is 0. The maximum absolute atomic E-state index is 12.8. The molecule has 0 saturated carbocycles. The van der Waals surface area contributed by atoms with E-state index in [4.69, 9.17) is 28.9 Å². The smallest absolute Gasteiger partial charge is 0.230 e. The lowest BCUT2D eigenvalue weighted by atomic mass is 9.98. The van der Waals surface area contributed by atoms with Gasteiger partial charge in [0, 0.05) is 11.3 Å². The number of amides is 1. The SMILES string of the molecule is Cc1cc(O)c(C(C)C)cc1NC(=O)Cc1cc(-c2ccc(Cl)c(Cl)c2)c(C#N)c(N)n1. The van der Waals surface area contributed by atoms with Gasteiger partial charge < -0.3 is 16.2 Å². The molecule has 0 spiro atoms.